The number of hydrogen-bond acceptors (Lipinski definition) is 4. The molecule has 0 saturated carbocycles. The highest BCUT2D eigenvalue weighted by Crippen LogP contribution is 2.19. The van der Waals surface area contributed by atoms with E-state index in [0.717, 1.165) is 30.6 Å². The minimum atomic E-state index is -0.0848. The van der Waals surface area contributed by atoms with Crippen LogP contribution in [0.4, 0.5) is 5.69 Å². The van der Waals surface area contributed by atoms with E-state index in [9.17, 15) is 4.79 Å². The number of benzene rings is 1. The summed E-state index contributed by atoms with van der Waals surface area (Å²) in [5, 5.41) is 6.04. The van der Waals surface area contributed by atoms with Crippen molar-refractivity contribution in [3.8, 4) is 0 Å². The Balaban J connectivity index is 1.81. The van der Waals surface area contributed by atoms with Crippen molar-refractivity contribution in [2.45, 2.75) is 18.9 Å². The lowest BCUT2D eigenvalue weighted by Gasteiger charge is -2.10. The van der Waals surface area contributed by atoms with E-state index in [1.165, 1.54) is 0 Å². The number of nitrogens with one attached hydrogen (secondary N) is 3. The first kappa shape index (κ1) is 11.4. The third-order valence-electron chi connectivity index (χ3n) is 3.07. The standard InChI is InChI=1S/C12H13N3O2S/c16-11(9-2-1-5-13-9)14-7-3-4-8-10(6-7)17-12(18)15-8/h3-4,6,9,13H,1-2,5H2,(H,14,16)(H,15,18)/t9-/m1/s1. The Labute approximate surface area is 109 Å². The van der Waals surface area contributed by atoms with Crippen molar-refractivity contribution in [1.82, 2.24) is 10.3 Å². The summed E-state index contributed by atoms with van der Waals surface area (Å²) in [5.74, 6) is 0.000910. The molecule has 1 fully saturated rings. The molecule has 1 saturated heterocycles. The van der Waals surface area contributed by atoms with Gasteiger partial charge >= 0.3 is 0 Å². The van der Waals surface area contributed by atoms with Gasteiger partial charge in [0.05, 0.1) is 11.6 Å². The Bertz CT molecular complexity index is 640. The molecule has 3 N–H and O–H groups in total. The highest BCUT2D eigenvalue weighted by atomic mass is 32.1. The summed E-state index contributed by atoms with van der Waals surface area (Å²) in [6.45, 7) is 0.906. The van der Waals surface area contributed by atoms with E-state index < -0.39 is 0 Å². The topological polar surface area (TPSA) is 70.1 Å². The number of hydrogen-bond donors (Lipinski definition) is 3. The van der Waals surface area contributed by atoms with Crippen LogP contribution in [0.15, 0.2) is 22.6 Å². The molecule has 0 aliphatic carbocycles. The smallest absolute Gasteiger partial charge is 0.266 e. The summed E-state index contributed by atoms with van der Waals surface area (Å²) in [4.78, 5) is 15.2. The fourth-order valence-corrected chi connectivity index (χ4v) is 2.36. The van der Waals surface area contributed by atoms with Crippen LogP contribution in [-0.2, 0) is 4.79 Å². The molecule has 1 aliphatic rings. The lowest BCUT2D eigenvalue weighted by molar-refractivity contribution is -0.117. The molecule has 1 amide bonds. The molecule has 2 aromatic rings. The van der Waals surface area contributed by atoms with Crippen molar-refractivity contribution in [3.63, 3.8) is 0 Å². The van der Waals surface area contributed by atoms with Gasteiger partial charge in [-0.1, -0.05) is 0 Å². The second kappa shape index (κ2) is 4.55. The summed E-state index contributed by atoms with van der Waals surface area (Å²) in [6, 6.07) is 5.36. The van der Waals surface area contributed by atoms with E-state index in [4.69, 9.17) is 16.6 Å². The molecule has 0 bridgehead atoms. The van der Waals surface area contributed by atoms with Crippen LogP contribution in [0.2, 0.25) is 0 Å². The molecule has 2 heterocycles. The third-order valence-corrected chi connectivity index (χ3v) is 3.25. The first-order valence-corrected chi connectivity index (χ1v) is 6.30. The molecule has 1 aliphatic heterocycles. The summed E-state index contributed by atoms with van der Waals surface area (Å²) in [7, 11) is 0. The number of amides is 1. The van der Waals surface area contributed by atoms with Gasteiger partial charge in [-0.15, -0.1) is 0 Å². The molecule has 5 nitrogen and oxygen atoms in total. The predicted octanol–water partition coefficient (Wildman–Crippen LogP) is 2.18. The van der Waals surface area contributed by atoms with Crippen LogP contribution in [0.25, 0.3) is 11.1 Å². The summed E-state index contributed by atoms with van der Waals surface area (Å²) >= 11 is 4.91. The van der Waals surface area contributed by atoms with Crippen LogP contribution in [0.3, 0.4) is 0 Å². The van der Waals surface area contributed by atoms with Crippen molar-refractivity contribution >= 4 is 34.9 Å². The monoisotopic (exact) mass is 263 g/mol. The van der Waals surface area contributed by atoms with E-state index in [1.807, 2.05) is 12.1 Å². The van der Waals surface area contributed by atoms with E-state index in [-0.39, 0.29) is 11.9 Å². The quantitative estimate of drug-likeness (QED) is 0.726. The Hall–Kier alpha value is -1.66. The number of fused-ring (bicyclic) bond motifs is 1. The minimum Gasteiger partial charge on any atom is -0.429 e. The van der Waals surface area contributed by atoms with Gasteiger partial charge in [-0.05, 0) is 43.7 Å². The molecule has 18 heavy (non-hydrogen) atoms. The van der Waals surface area contributed by atoms with Crippen molar-refractivity contribution in [2.75, 3.05) is 11.9 Å². The van der Waals surface area contributed by atoms with Crippen molar-refractivity contribution in [2.24, 2.45) is 0 Å². The van der Waals surface area contributed by atoms with Crippen LogP contribution in [0.5, 0.6) is 0 Å². The van der Waals surface area contributed by atoms with E-state index in [0.29, 0.717) is 10.4 Å². The van der Waals surface area contributed by atoms with Gasteiger partial charge in [-0.25, -0.2) is 0 Å². The van der Waals surface area contributed by atoms with Gasteiger partial charge in [0, 0.05) is 11.8 Å². The molecule has 3 rings (SSSR count). The molecule has 1 aromatic heterocycles. The molecular weight excluding hydrogens is 250 g/mol. The number of oxazole rings is 1. The fourth-order valence-electron chi connectivity index (χ4n) is 2.16. The molecule has 1 aromatic carbocycles. The molecule has 0 spiro atoms. The average Bonchev–Trinajstić information content (AvgIpc) is 2.95. The zero-order chi connectivity index (χ0) is 12.5. The van der Waals surface area contributed by atoms with Gasteiger partial charge in [0.2, 0.25) is 5.91 Å². The Morgan fingerprint density at radius 3 is 3.17 bits per heavy atom. The van der Waals surface area contributed by atoms with E-state index >= 15 is 0 Å². The van der Waals surface area contributed by atoms with Gasteiger partial charge in [0.25, 0.3) is 4.84 Å². The number of aromatic nitrogens is 1. The lowest BCUT2D eigenvalue weighted by atomic mass is 10.2. The fraction of sp³-hybridized carbons (Fsp3) is 0.333. The second-order valence-electron chi connectivity index (χ2n) is 4.36. The number of carbonyl (C=O) groups is 1. The minimum absolute atomic E-state index is 0.000910. The number of H-pyrrole nitrogens is 1. The normalized spacial score (nSPS) is 19.2. The Morgan fingerprint density at radius 1 is 1.50 bits per heavy atom. The average molecular weight is 263 g/mol. The Morgan fingerprint density at radius 2 is 2.39 bits per heavy atom. The zero-order valence-electron chi connectivity index (χ0n) is 9.66. The number of anilines is 1. The first-order valence-electron chi connectivity index (χ1n) is 5.89. The van der Waals surface area contributed by atoms with Crippen LogP contribution < -0.4 is 10.6 Å². The maximum Gasteiger partial charge on any atom is 0.266 e. The molecule has 1 atom stereocenters. The van der Waals surface area contributed by atoms with Crippen LogP contribution >= 0.6 is 12.2 Å². The summed E-state index contributed by atoms with van der Waals surface area (Å²) in [6.07, 6.45) is 1.93. The zero-order valence-corrected chi connectivity index (χ0v) is 10.5. The van der Waals surface area contributed by atoms with Crippen molar-refractivity contribution < 1.29 is 9.21 Å². The molecule has 0 unspecified atom stereocenters. The number of aromatic amines is 1. The second-order valence-corrected chi connectivity index (χ2v) is 4.73. The van der Waals surface area contributed by atoms with Gasteiger partial charge < -0.3 is 20.0 Å². The number of rotatable bonds is 2. The third kappa shape index (κ3) is 2.16. The lowest BCUT2D eigenvalue weighted by Crippen LogP contribution is -2.35. The van der Waals surface area contributed by atoms with Gasteiger partial charge in [-0.3, -0.25) is 4.79 Å². The number of carbonyl (C=O) groups excluding carboxylic acids is 1. The van der Waals surface area contributed by atoms with Gasteiger partial charge in [0.1, 0.15) is 0 Å². The van der Waals surface area contributed by atoms with E-state index in [1.54, 1.807) is 6.07 Å². The predicted molar refractivity (Wildman–Crippen MR) is 71.1 cm³/mol. The highest BCUT2D eigenvalue weighted by Gasteiger charge is 2.21. The maximum atomic E-state index is 11.9. The highest BCUT2D eigenvalue weighted by molar-refractivity contribution is 7.71. The maximum absolute atomic E-state index is 11.9. The molecular formula is C12H13N3O2S. The van der Waals surface area contributed by atoms with Gasteiger partial charge in [0.15, 0.2) is 5.58 Å². The Kier molecular flexibility index (Phi) is 2.89. The van der Waals surface area contributed by atoms with Crippen molar-refractivity contribution in [1.29, 1.82) is 0 Å². The SMILES string of the molecule is O=C(Nc1ccc2[nH]c(=S)oc2c1)[C@H]1CCCN1. The first-order chi connectivity index (χ1) is 8.72. The molecule has 0 radical (unpaired) electrons. The van der Waals surface area contributed by atoms with Crippen LogP contribution in [-0.4, -0.2) is 23.5 Å². The molecule has 94 valence electrons. The largest absolute Gasteiger partial charge is 0.429 e. The van der Waals surface area contributed by atoms with Crippen LogP contribution in [0.1, 0.15) is 12.8 Å². The summed E-state index contributed by atoms with van der Waals surface area (Å²) < 4.78 is 5.31. The van der Waals surface area contributed by atoms with Crippen molar-refractivity contribution in [3.05, 3.63) is 23.0 Å². The van der Waals surface area contributed by atoms with Crippen LogP contribution in [0, 0.1) is 4.84 Å². The molecule has 6 heteroatoms. The van der Waals surface area contributed by atoms with E-state index in [2.05, 4.69) is 15.6 Å². The summed E-state index contributed by atoms with van der Waals surface area (Å²) in [5.41, 5.74) is 2.20. The van der Waals surface area contributed by atoms with Gasteiger partial charge in [-0.2, -0.15) is 0 Å².